The summed E-state index contributed by atoms with van der Waals surface area (Å²) in [6.07, 6.45) is 5.07. The maximum absolute atomic E-state index is 12.1. The average molecular weight is 383 g/mol. The predicted octanol–water partition coefficient (Wildman–Crippen LogP) is 1.34. The summed E-state index contributed by atoms with van der Waals surface area (Å²) < 4.78 is 7.61. The zero-order valence-corrected chi connectivity index (χ0v) is 16.3. The maximum atomic E-state index is 12.1. The third-order valence-electron chi connectivity index (χ3n) is 4.21. The smallest absolute Gasteiger partial charge is 0.260 e. The summed E-state index contributed by atoms with van der Waals surface area (Å²) in [4.78, 5) is 18.9. The molecule has 0 unspecified atom stereocenters. The predicted molar refractivity (Wildman–Crippen MR) is 108 cm³/mol. The summed E-state index contributed by atoms with van der Waals surface area (Å²) in [7, 11) is 3.95. The van der Waals surface area contributed by atoms with Crippen LogP contribution in [0.3, 0.4) is 0 Å². The number of aromatic nitrogens is 2. The molecule has 0 saturated heterocycles. The van der Waals surface area contributed by atoms with Gasteiger partial charge in [-0.1, -0.05) is 6.07 Å². The van der Waals surface area contributed by atoms with Gasteiger partial charge in [0.05, 0.1) is 23.5 Å². The number of allylic oxidation sites excluding steroid dienone is 3. The van der Waals surface area contributed by atoms with Crippen molar-refractivity contribution in [3.05, 3.63) is 47.8 Å². The van der Waals surface area contributed by atoms with Gasteiger partial charge in [-0.2, -0.15) is 0 Å². The fourth-order valence-corrected chi connectivity index (χ4v) is 2.71. The van der Waals surface area contributed by atoms with Crippen LogP contribution in [0.2, 0.25) is 0 Å². The Kier molecular flexibility index (Phi) is 6.23. The highest BCUT2D eigenvalue weighted by atomic mass is 16.5. The van der Waals surface area contributed by atoms with E-state index in [0.29, 0.717) is 41.7 Å². The van der Waals surface area contributed by atoms with E-state index in [1.807, 2.05) is 43.4 Å². The van der Waals surface area contributed by atoms with Crippen LogP contribution in [0.4, 0.5) is 5.69 Å². The first-order valence-electron chi connectivity index (χ1n) is 9.12. The summed E-state index contributed by atoms with van der Waals surface area (Å²) in [5, 5.41) is 16.7. The number of hydrogen-bond donors (Lipinski definition) is 2. The van der Waals surface area contributed by atoms with Crippen molar-refractivity contribution in [2.45, 2.75) is 6.92 Å². The van der Waals surface area contributed by atoms with Crippen molar-refractivity contribution in [3.8, 4) is 5.88 Å². The number of aliphatic hydroxyl groups excluding tert-OH is 1. The van der Waals surface area contributed by atoms with E-state index in [1.165, 1.54) is 6.08 Å². The quantitative estimate of drug-likeness (QED) is 0.669. The molecule has 0 aliphatic heterocycles. The Balaban J connectivity index is 2.02. The Morgan fingerprint density at radius 2 is 2.14 bits per heavy atom. The number of nitrogens with one attached hydrogen (secondary N) is 1. The molecule has 2 heterocycles. The zero-order valence-electron chi connectivity index (χ0n) is 16.3. The van der Waals surface area contributed by atoms with Crippen LogP contribution >= 0.6 is 0 Å². The first kappa shape index (κ1) is 19.8. The van der Waals surface area contributed by atoms with E-state index < -0.39 is 0 Å². The molecule has 0 fully saturated rings. The number of aliphatic imine (C=N–C) groups is 1. The number of pyridine rings is 1. The van der Waals surface area contributed by atoms with Crippen molar-refractivity contribution in [1.29, 1.82) is 0 Å². The molecule has 8 heteroatoms. The SMILES string of the molecule is CC1=C/C(=N\c2c(OCCN(C)C)nn3ccccc23)C(NCCO)=CC1=O. The fraction of sp³-hybridized carbons (Fsp3) is 0.350. The number of ether oxygens (including phenoxy) is 1. The van der Waals surface area contributed by atoms with Gasteiger partial charge in [0.1, 0.15) is 6.61 Å². The highest BCUT2D eigenvalue weighted by molar-refractivity contribution is 6.22. The van der Waals surface area contributed by atoms with Crippen molar-refractivity contribution >= 4 is 22.7 Å². The van der Waals surface area contributed by atoms with Gasteiger partial charge in [-0.05, 0) is 44.8 Å². The highest BCUT2D eigenvalue weighted by Gasteiger charge is 2.19. The number of likely N-dealkylation sites (N-methyl/N-ethyl adjacent to an activating group) is 1. The summed E-state index contributed by atoms with van der Waals surface area (Å²) in [5.74, 6) is 0.353. The minimum atomic E-state index is -0.0817. The van der Waals surface area contributed by atoms with Crippen molar-refractivity contribution in [2.75, 3.05) is 40.4 Å². The molecule has 2 N–H and O–H groups in total. The van der Waals surface area contributed by atoms with Gasteiger partial charge in [0, 0.05) is 25.4 Å². The summed E-state index contributed by atoms with van der Waals surface area (Å²) in [5.41, 5.74) is 3.17. The molecule has 0 atom stereocenters. The number of carbonyl (C=O) groups excluding carboxylic acids is 1. The van der Waals surface area contributed by atoms with Crippen LogP contribution in [0.15, 0.2) is 52.8 Å². The van der Waals surface area contributed by atoms with Crippen LogP contribution in [-0.2, 0) is 4.79 Å². The van der Waals surface area contributed by atoms with E-state index in [-0.39, 0.29) is 12.4 Å². The lowest BCUT2D eigenvalue weighted by Gasteiger charge is -2.15. The average Bonchev–Trinajstić information content (AvgIpc) is 3.00. The molecule has 8 nitrogen and oxygen atoms in total. The second kappa shape index (κ2) is 8.81. The van der Waals surface area contributed by atoms with Gasteiger partial charge in [-0.25, -0.2) is 9.51 Å². The number of ketones is 1. The lowest BCUT2D eigenvalue weighted by Crippen LogP contribution is -2.26. The van der Waals surface area contributed by atoms with E-state index in [9.17, 15) is 4.79 Å². The molecular formula is C20H25N5O3. The zero-order chi connectivity index (χ0) is 20.1. The molecule has 0 bridgehead atoms. The minimum absolute atomic E-state index is 0.0445. The van der Waals surface area contributed by atoms with Crippen LogP contribution < -0.4 is 10.1 Å². The Morgan fingerprint density at radius 3 is 2.89 bits per heavy atom. The van der Waals surface area contributed by atoms with Crippen molar-refractivity contribution in [3.63, 3.8) is 0 Å². The molecule has 3 rings (SSSR count). The number of fused-ring (bicyclic) bond motifs is 1. The molecule has 2 aromatic rings. The van der Waals surface area contributed by atoms with E-state index in [0.717, 1.165) is 12.1 Å². The summed E-state index contributed by atoms with van der Waals surface area (Å²) in [6, 6.07) is 5.72. The molecule has 0 spiro atoms. The number of rotatable bonds is 8. The van der Waals surface area contributed by atoms with Gasteiger partial charge < -0.3 is 20.1 Å². The monoisotopic (exact) mass is 383 g/mol. The van der Waals surface area contributed by atoms with Crippen molar-refractivity contribution in [2.24, 2.45) is 4.99 Å². The van der Waals surface area contributed by atoms with E-state index in [4.69, 9.17) is 14.8 Å². The Labute approximate surface area is 163 Å². The topological polar surface area (TPSA) is 91.5 Å². The van der Waals surface area contributed by atoms with Gasteiger partial charge in [-0.3, -0.25) is 4.79 Å². The van der Waals surface area contributed by atoms with Gasteiger partial charge in [-0.15, -0.1) is 5.10 Å². The molecule has 1 aliphatic carbocycles. The van der Waals surface area contributed by atoms with Crippen LogP contribution in [0.5, 0.6) is 5.88 Å². The second-order valence-electron chi connectivity index (χ2n) is 6.73. The Bertz CT molecular complexity index is 956. The molecule has 0 saturated carbocycles. The molecule has 28 heavy (non-hydrogen) atoms. The number of hydrogen-bond acceptors (Lipinski definition) is 7. The minimum Gasteiger partial charge on any atom is -0.474 e. The molecular weight excluding hydrogens is 358 g/mol. The first-order chi connectivity index (χ1) is 13.5. The van der Waals surface area contributed by atoms with E-state index >= 15 is 0 Å². The largest absolute Gasteiger partial charge is 0.474 e. The highest BCUT2D eigenvalue weighted by Crippen LogP contribution is 2.33. The third kappa shape index (κ3) is 4.47. The van der Waals surface area contributed by atoms with Crippen LogP contribution in [0, 0.1) is 0 Å². The van der Waals surface area contributed by atoms with Crippen molar-refractivity contribution in [1.82, 2.24) is 19.8 Å². The Hall–Kier alpha value is -2.97. The molecule has 148 valence electrons. The number of nitrogens with zero attached hydrogens (tertiary/aromatic N) is 4. The van der Waals surface area contributed by atoms with Gasteiger partial charge in [0.25, 0.3) is 5.88 Å². The summed E-state index contributed by atoms with van der Waals surface area (Å²) >= 11 is 0. The summed E-state index contributed by atoms with van der Waals surface area (Å²) in [6.45, 7) is 3.26. The lowest BCUT2D eigenvalue weighted by atomic mass is 10.0. The standard InChI is InChI=1S/C20H25N5O3/c1-14-12-16(15(13-18(14)27)21-7-10-26)22-19-17-6-4-5-8-25(17)23-20(19)28-11-9-24(2)3/h4-6,8,12-13,21,26H,7,9-11H2,1-3H3/b22-16+. The molecule has 1 aliphatic rings. The van der Waals surface area contributed by atoms with Crippen LogP contribution in [0.1, 0.15) is 6.92 Å². The first-order valence-corrected chi connectivity index (χ1v) is 9.12. The fourth-order valence-electron chi connectivity index (χ4n) is 2.71. The van der Waals surface area contributed by atoms with Crippen LogP contribution in [-0.4, -0.2) is 71.5 Å². The number of carbonyl (C=O) groups is 1. The molecule has 0 aromatic carbocycles. The normalized spacial score (nSPS) is 15.9. The molecule has 2 aromatic heterocycles. The molecule has 0 amide bonds. The van der Waals surface area contributed by atoms with E-state index in [1.54, 1.807) is 17.5 Å². The molecule has 0 radical (unpaired) electrons. The van der Waals surface area contributed by atoms with Gasteiger partial charge in [0.2, 0.25) is 0 Å². The maximum Gasteiger partial charge on any atom is 0.260 e. The number of aliphatic hydroxyl groups is 1. The van der Waals surface area contributed by atoms with Crippen LogP contribution in [0.25, 0.3) is 5.52 Å². The Morgan fingerprint density at radius 1 is 1.32 bits per heavy atom. The van der Waals surface area contributed by atoms with Crippen molar-refractivity contribution < 1.29 is 14.6 Å². The van der Waals surface area contributed by atoms with Gasteiger partial charge >= 0.3 is 0 Å². The van der Waals surface area contributed by atoms with E-state index in [2.05, 4.69) is 10.4 Å². The van der Waals surface area contributed by atoms with Gasteiger partial charge in [0.15, 0.2) is 11.5 Å². The second-order valence-corrected chi connectivity index (χ2v) is 6.73. The third-order valence-corrected chi connectivity index (χ3v) is 4.21. The lowest BCUT2D eigenvalue weighted by molar-refractivity contribution is -0.111.